The van der Waals surface area contributed by atoms with Crippen molar-refractivity contribution in [3.8, 4) is 11.8 Å². The molecule has 3 rings (SSSR count). The van der Waals surface area contributed by atoms with Gasteiger partial charge in [0.05, 0.1) is 17.3 Å². The molecule has 1 saturated carbocycles. The maximum atomic E-state index is 12.7. The van der Waals surface area contributed by atoms with Crippen LogP contribution in [0.5, 0.6) is 5.75 Å². The fraction of sp³-hybridized carbons (Fsp3) is 0.348. The van der Waals surface area contributed by atoms with Gasteiger partial charge < -0.3 is 15.2 Å². The Labute approximate surface area is 180 Å². The van der Waals surface area contributed by atoms with E-state index in [1.54, 1.807) is 30.3 Å². The minimum Gasteiger partial charge on any atom is -0.508 e. The lowest BCUT2D eigenvalue weighted by molar-refractivity contribution is -0.130. The lowest BCUT2D eigenvalue weighted by Crippen LogP contribution is -2.52. The molecule has 0 bridgehead atoms. The van der Waals surface area contributed by atoms with Gasteiger partial charge in [0.15, 0.2) is 6.10 Å². The van der Waals surface area contributed by atoms with Crippen LogP contribution in [0.4, 0.5) is 11.4 Å². The quantitative estimate of drug-likeness (QED) is 0.518. The van der Waals surface area contributed by atoms with Crippen molar-refractivity contribution < 1.29 is 19.4 Å². The maximum Gasteiger partial charge on any atom is 0.341 e. The molecule has 1 amide bonds. The van der Waals surface area contributed by atoms with E-state index in [-0.39, 0.29) is 17.0 Å². The molecule has 1 unspecified atom stereocenters. The Bertz CT molecular complexity index is 1000. The van der Waals surface area contributed by atoms with Crippen LogP contribution in [0.1, 0.15) is 49.4 Å². The van der Waals surface area contributed by atoms with Crippen LogP contribution >= 0.6 is 0 Å². The van der Waals surface area contributed by atoms with E-state index in [1.165, 1.54) is 25.1 Å². The molecule has 2 N–H and O–H groups in total. The van der Waals surface area contributed by atoms with Crippen molar-refractivity contribution in [3.05, 3.63) is 54.1 Å². The van der Waals surface area contributed by atoms with Gasteiger partial charge in [-0.05, 0) is 56.2 Å². The third-order valence-corrected chi connectivity index (χ3v) is 5.18. The second-order valence-corrected chi connectivity index (χ2v) is 7.52. The van der Waals surface area contributed by atoms with Crippen molar-refractivity contribution in [2.45, 2.75) is 50.7 Å². The molecule has 0 aliphatic heterocycles. The normalized spacial score (nSPS) is 16.3. The molecule has 31 heavy (non-hydrogen) atoms. The third-order valence-electron chi connectivity index (χ3n) is 5.18. The second kappa shape index (κ2) is 9.85. The zero-order chi connectivity index (χ0) is 22.3. The number of phenolic OH excluding ortho intramolecular Hbond substituents is 1. The van der Waals surface area contributed by atoms with E-state index in [4.69, 9.17) is 4.74 Å². The number of ether oxygens (including phenoxy) is 1. The lowest BCUT2D eigenvalue weighted by Gasteiger charge is -2.32. The van der Waals surface area contributed by atoms with Crippen molar-refractivity contribution >= 4 is 23.3 Å². The number of hydrogen-bond donors (Lipinski definition) is 2. The monoisotopic (exact) mass is 420 g/mol. The molecule has 2 aromatic rings. The predicted octanol–water partition coefficient (Wildman–Crippen LogP) is 4.70. The van der Waals surface area contributed by atoms with Crippen molar-refractivity contribution in [2.75, 3.05) is 0 Å². The van der Waals surface area contributed by atoms with Crippen LogP contribution in [0.2, 0.25) is 0 Å². The Morgan fingerprint density at radius 2 is 1.77 bits per heavy atom. The average molecular weight is 420 g/mol. The van der Waals surface area contributed by atoms with Crippen LogP contribution in [-0.2, 0) is 9.53 Å². The highest BCUT2D eigenvalue weighted by Gasteiger charge is 2.35. The van der Waals surface area contributed by atoms with Gasteiger partial charge in [-0.25, -0.2) is 4.79 Å². The summed E-state index contributed by atoms with van der Waals surface area (Å²) in [6.45, 7) is 1.47. The number of phenols is 1. The van der Waals surface area contributed by atoms with Gasteiger partial charge in [-0.1, -0.05) is 31.4 Å². The summed E-state index contributed by atoms with van der Waals surface area (Å²) in [7, 11) is 0. The zero-order valence-corrected chi connectivity index (χ0v) is 17.2. The molecule has 0 spiro atoms. The average Bonchev–Trinajstić information content (AvgIpc) is 2.79. The number of carbonyl (C=O) groups is 2. The third kappa shape index (κ3) is 5.66. The SMILES string of the molecule is CC(OC(=O)c1ccccc1N=Nc1ccc(O)cc1)C(=O)NC1(C#N)CCCCC1. The molecule has 2 aromatic carbocycles. The lowest BCUT2D eigenvalue weighted by atomic mass is 9.83. The Morgan fingerprint density at radius 1 is 1.10 bits per heavy atom. The second-order valence-electron chi connectivity index (χ2n) is 7.52. The van der Waals surface area contributed by atoms with Gasteiger partial charge in [0.1, 0.15) is 17.0 Å². The molecule has 0 radical (unpaired) electrons. The van der Waals surface area contributed by atoms with Gasteiger partial charge in [0, 0.05) is 0 Å². The number of esters is 1. The molecular weight excluding hydrogens is 396 g/mol. The van der Waals surface area contributed by atoms with Crippen LogP contribution in [0.25, 0.3) is 0 Å². The van der Waals surface area contributed by atoms with Gasteiger partial charge in [-0.15, -0.1) is 5.11 Å². The van der Waals surface area contributed by atoms with Crippen LogP contribution < -0.4 is 5.32 Å². The first-order chi connectivity index (χ1) is 14.9. The van der Waals surface area contributed by atoms with Crippen LogP contribution in [0.15, 0.2) is 58.8 Å². The number of nitriles is 1. The minimum atomic E-state index is -1.07. The summed E-state index contributed by atoms with van der Waals surface area (Å²) in [5.41, 5.74) is 0.0565. The van der Waals surface area contributed by atoms with Gasteiger partial charge in [0.25, 0.3) is 5.91 Å². The van der Waals surface area contributed by atoms with Crippen LogP contribution in [0, 0.1) is 11.3 Å². The summed E-state index contributed by atoms with van der Waals surface area (Å²) >= 11 is 0. The van der Waals surface area contributed by atoms with Gasteiger partial charge in [-0.3, -0.25) is 4.79 Å². The van der Waals surface area contributed by atoms with Crippen LogP contribution in [0.3, 0.4) is 0 Å². The Balaban J connectivity index is 1.68. The molecule has 1 aliphatic carbocycles. The number of carbonyl (C=O) groups excluding carboxylic acids is 2. The van der Waals surface area contributed by atoms with Crippen molar-refractivity contribution in [3.63, 3.8) is 0 Å². The largest absolute Gasteiger partial charge is 0.508 e. The molecule has 0 heterocycles. The van der Waals surface area contributed by atoms with E-state index in [0.29, 0.717) is 18.5 Å². The first kappa shape index (κ1) is 22.0. The van der Waals surface area contributed by atoms with E-state index in [2.05, 4.69) is 21.6 Å². The van der Waals surface area contributed by atoms with E-state index < -0.39 is 23.5 Å². The summed E-state index contributed by atoms with van der Waals surface area (Å²) in [6, 6.07) is 14.9. The Kier molecular flexibility index (Phi) is 6.98. The summed E-state index contributed by atoms with van der Waals surface area (Å²) in [5.74, 6) is -1.10. The number of rotatable bonds is 6. The summed E-state index contributed by atoms with van der Waals surface area (Å²) in [5, 5.41) is 29.8. The smallest absolute Gasteiger partial charge is 0.341 e. The van der Waals surface area contributed by atoms with E-state index >= 15 is 0 Å². The first-order valence-electron chi connectivity index (χ1n) is 10.2. The number of hydrogen-bond acceptors (Lipinski definition) is 7. The molecule has 8 heteroatoms. The van der Waals surface area contributed by atoms with E-state index in [9.17, 15) is 20.0 Å². The minimum absolute atomic E-state index is 0.113. The number of benzene rings is 2. The van der Waals surface area contributed by atoms with Crippen molar-refractivity contribution in [1.29, 1.82) is 5.26 Å². The molecule has 1 fully saturated rings. The Morgan fingerprint density at radius 3 is 2.45 bits per heavy atom. The highest BCUT2D eigenvalue weighted by Crippen LogP contribution is 2.28. The van der Waals surface area contributed by atoms with E-state index in [0.717, 1.165) is 19.3 Å². The summed E-state index contributed by atoms with van der Waals surface area (Å²) < 4.78 is 5.34. The standard InChI is InChI=1S/C23H24N4O4/c1-16(21(29)25-23(15-24)13-5-2-6-14-23)31-22(30)19-7-3-4-8-20(19)27-26-17-9-11-18(28)12-10-17/h3-4,7-12,16,28H,2,5-6,13-14H2,1H3,(H,25,29). The first-order valence-corrected chi connectivity index (χ1v) is 10.2. The highest BCUT2D eigenvalue weighted by molar-refractivity contribution is 5.96. The number of aromatic hydroxyl groups is 1. The highest BCUT2D eigenvalue weighted by atomic mass is 16.5. The number of azo groups is 1. The molecule has 0 saturated heterocycles. The fourth-order valence-corrected chi connectivity index (χ4v) is 3.40. The van der Waals surface area contributed by atoms with Crippen molar-refractivity contribution in [2.24, 2.45) is 10.2 Å². The summed E-state index contributed by atoms with van der Waals surface area (Å²) in [4.78, 5) is 25.2. The Hall–Kier alpha value is -3.73. The van der Waals surface area contributed by atoms with Crippen LogP contribution in [-0.4, -0.2) is 28.6 Å². The van der Waals surface area contributed by atoms with Gasteiger partial charge in [0.2, 0.25) is 0 Å². The molecule has 0 aromatic heterocycles. The number of nitrogens with one attached hydrogen (secondary N) is 1. The maximum absolute atomic E-state index is 12.7. The predicted molar refractivity (Wildman–Crippen MR) is 113 cm³/mol. The fourth-order valence-electron chi connectivity index (χ4n) is 3.40. The number of nitrogens with zero attached hydrogens (tertiary/aromatic N) is 3. The number of amides is 1. The van der Waals surface area contributed by atoms with Crippen molar-refractivity contribution in [1.82, 2.24) is 5.32 Å². The van der Waals surface area contributed by atoms with E-state index in [1.807, 2.05) is 0 Å². The topological polar surface area (TPSA) is 124 Å². The van der Waals surface area contributed by atoms with Gasteiger partial charge >= 0.3 is 5.97 Å². The molecule has 1 aliphatic rings. The molecule has 1 atom stereocenters. The summed E-state index contributed by atoms with van der Waals surface area (Å²) in [6.07, 6.45) is 2.91. The molecule has 160 valence electrons. The molecule has 8 nitrogen and oxygen atoms in total. The van der Waals surface area contributed by atoms with Gasteiger partial charge in [-0.2, -0.15) is 10.4 Å². The zero-order valence-electron chi connectivity index (χ0n) is 17.2. The molecular formula is C23H24N4O4.